The highest BCUT2D eigenvalue weighted by atomic mass is 16.5. The lowest BCUT2D eigenvalue weighted by molar-refractivity contribution is 0.0734. The zero-order chi connectivity index (χ0) is 19.2. The molecular formula is C24H24O3. The van der Waals surface area contributed by atoms with Crippen molar-refractivity contribution in [2.45, 2.75) is 20.3 Å². The van der Waals surface area contributed by atoms with E-state index in [2.05, 4.69) is 13.8 Å². The Kier molecular flexibility index (Phi) is 5.92. The van der Waals surface area contributed by atoms with Gasteiger partial charge in [0, 0.05) is 0 Å². The minimum atomic E-state index is -0.354. The Balaban J connectivity index is 1.66. The van der Waals surface area contributed by atoms with Gasteiger partial charge in [-0.15, -0.1) is 0 Å². The summed E-state index contributed by atoms with van der Waals surface area (Å²) in [4.78, 5) is 12.4. The van der Waals surface area contributed by atoms with Gasteiger partial charge in [0.15, 0.2) is 0 Å². The number of methoxy groups -OCH3 is 1. The third-order valence-electron chi connectivity index (χ3n) is 4.32. The van der Waals surface area contributed by atoms with Gasteiger partial charge in [0.2, 0.25) is 0 Å². The van der Waals surface area contributed by atoms with Crippen LogP contribution in [0, 0.1) is 5.92 Å². The number of esters is 1. The van der Waals surface area contributed by atoms with Crippen LogP contribution in [0.1, 0.15) is 29.8 Å². The highest BCUT2D eigenvalue weighted by Gasteiger charge is 2.09. The quantitative estimate of drug-likeness (QED) is 0.413. The average Bonchev–Trinajstić information content (AvgIpc) is 2.69. The molecule has 0 saturated carbocycles. The van der Waals surface area contributed by atoms with E-state index in [1.54, 1.807) is 19.2 Å². The van der Waals surface area contributed by atoms with Crippen LogP contribution in [-0.2, 0) is 6.42 Å². The Labute approximate surface area is 160 Å². The van der Waals surface area contributed by atoms with Gasteiger partial charge in [-0.05, 0) is 65.4 Å². The average molecular weight is 360 g/mol. The predicted octanol–water partition coefficient (Wildman–Crippen LogP) is 5.78. The Morgan fingerprint density at radius 2 is 1.30 bits per heavy atom. The minimum absolute atomic E-state index is 0.354. The molecule has 3 nitrogen and oxygen atoms in total. The summed E-state index contributed by atoms with van der Waals surface area (Å²) in [6.45, 7) is 4.37. The van der Waals surface area contributed by atoms with E-state index >= 15 is 0 Å². The molecule has 3 aromatic rings. The summed E-state index contributed by atoms with van der Waals surface area (Å²) in [5.74, 6) is 1.63. The third-order valence-corrected chi connectivity index (χ3v) is 4.32. The largest absolute Gasteiger partial charge is 0.497 e. The summed E-state index contributed by atoms with van der Waals surface area (Å²) in [5.41, 5.74) is 3.87. The standard InChI is InChI=1S/C24H24O3/c1-17(2)16-18-4-12-23(13-5-18)27-24(25)21-8-6-19(7-9-21)20-10-14-22(26-3)15-11-20/h4-15,17H,16H2,1-3H3. The van der Waals surface area contributed by atoms with E-state index in [9.17, 15) is 4.79 Å². The van der Waals surface area contributed by atoms with E-state index in [0.717, 1.165) is 23.3 Å². The van der Waals surface area contributed by atoms with Gasteiger partial charge < -0.3 is 9.47 Å². The second kappa shape index (κ2) is 8.54. The van der Waals surface area contributed by atoms with Crippen LogP contribution < -0.4 is 9.47 Å². The molecule has 0 heterocycles. The first-order valence-electron chi connectivity index (χ1n) is 9.11. The molecule has 0 bridgehead atoms. The maximum atomic E-state index is 12.4. The fourth-order valence-electron chi connectivity index (χ4n) is 2.91. The van der Waals surface area contributed by atoms with Crippen LogP contribution in [0.2, 0.25) is 0 Å². The highest BCUT2D eigenvalue weighted by Crippen LogP contribution is 2.23. The summed E-state index contributed by atoms with van der Waals surface area (Å²) >= 11 is 0. The monoisotopic (exact) mass is 360 g/mol. The lowest BCUT2D eigenvalue weighted by atomic mass is 10.0. The van der Waals surface area contributed by atoms with Crippen molar-refractivity contribution in [3.05, 3.63) is 83.9 Å². The van der Waals surface area contributed by atoms with Crippen LogP contribution in [0.25, 0.3) is 11.1 Å². The number of hydrogen-bond donors (Lipinski definition) is 0. The van der Waals surface area contributed by atoms with E-state index in [0.29, 0.717) is 17.2 Å². The van der Waals surface area contributed by atoms with Crippen LogP contribution in [0.15, 0.2) is 72.8 Å². The van der Waals surface area contributed by atoms with Crippen molar-refractivity contribution in [3.8, 4) is 22.6 Å². The smallest absolute Gasteiger partial charge is 0.343 e. The molecule has 138 valence electrons. The minimum Gasteiger partial charge on any atom is -0.497 e. The molecule has 0 saturated heterocycles. The number of hydrogen-bond acceptors (Lipinski definition) is 3. The van der Waals surface area contributed by atoms with Gasteiger partial charge in [0.05, 0.1) is 12.7 Å². The van der Waals surface area contributed by atoms with Gasteiger partial charge in [-0.2, -0.15) is 0 Å². The Morgan fingerprint density at radius 1 is 0.778 bits per heavy atom. The third kappa shape index (κ3) is 4.98. The van der Waals surface area contributed by atoms with E-state index in [-0.39, 0.29) is 5.97 Å². The second-order valence-corrected chi connectivity index (χ2v) is 6.94. The van der Waals surface area contributed by atoms with Crippen molar-refractivity contribution in [2.75, 3.05) is 7.11 Å². The molecule has 3 rings (SSSR count). The molecule has 0 unspecified atom stereocenters. The first-order chi connectivity index (χ1) is 13.0. The molecule has 0 fully saturated rings. The lowest BCUT2D eigenvalue weighted by Gasteiger charge is -2.08. The molecule has 0 amide bonds. The maximum absolute atomic E-state index is 12.4. The Bertz CT molecular complexity index is 876. The van der Waals surface area contributed by atoms with Gasteiger partial charge in [-0.25, -0.2) is 4.79 Å². The summed E-state index contributed by atoms with van der Waals surface area (Å²) in [6, 6.07) is 22.9. The van der Waals surface area contributed by atoms with Crippen molar-refractivity contribution < 1.29 is 14.3 Å². The summed E-state index contributed by atoms with van der Waals surface area (Å²) in [6.07, 6.45) is 1.01. The van der Waals surface area contributed by atoms with Crippen molar-refractivity contribution >= 4 is 5.97 Å². The number of benzene rings is 3. The highest BCUT2D eigenvalue weighted by molar-refractivity contribution is 5.91. The van der Waals surface area contributed by atoms with Crippen molar-refractivity contribution in [1.82, 2.24) is 0 Å². The fraction of sp³-hybridized carbons (Fsp3) is 0.208. The lowest BCUT2D eigenvalue weighted by Crippen LogP contribution is -2.08. The fourth-order valence-corrected chi connectivity index (χ4v) is 2.91. The first kappa shape index (κ1) is 18.7. The van der Waals surface area contributed by atoms with Crippen LogP contribution in [0.5, 0.6) is 11.5 Å². The SMILES string of the molecule is COc1ccc(-c2ccc(C(=O)Oc3ccc(CC(C)C)cc3)cc2)cc1. The predicted molar refractivity (Wildman–Crippen MR) is 108 cm³/mol. The van der Waals surface area contributed by atoms with Gasteiger partial charge in [-0.3, -0.25) is 0 Å². The molecule has 0 aliphatic heterocycles. The van der Waals surface area contributed by atoms with Crippen molar-refractivity contribution in [2.24, 2.45) is 5.92 Å². The number of carbonyl (C=O) groups excluding carboxylic acids is 1. The van der Waals surface area contributed by atoms with Gasteiger partial charge in [-0.1, -0.05) is 50.2 Å². The van der Waals surface area contributed by atoms with E-state index in [4.69, 9.17) is 9.47 Å². The number of ether oxygens (including phenoxy) is 2. The van der Waals surface area contributed by atoms with Crippen LogP contribution in [0.4, 0.5) is 0 Å². The van der Waals surface area contributed by atoms with Crippen LogP contribution >= 0.6 is 0 Å². The molecule has 27 heavy (non-hydrogen) atoms. The molecule has 0 radical (unpaired) electrons. The first-order valence-corrected chi connectivity index (χ1v) is 9.11. The number of carbonyl (C=O) groups is 1. The van der Waals surface area contributed by atoms with Crippen molar-refractivity contribution in [1.29, 1.82) is 0 Å². The van der Waals surface area contributed by atoms with E-state index < -0.39 is 0 Å². The maximum Gasteiger partial charge on any atom is 0.343 e. The molecule has 0 atom stereocenters. The zero-order valence-electron chi connectivity index (χ0n) is 15.9. The van der Waals surface area contributed by atoms with Gasteiger partial charge in [0.1, 0.15) is 11.5 Å². The van der Waals surface area contributed by atoms with Crippen LogP contribution in [0.3, 0.4) is 0 Å². The molecular weight excluding hydrogens is 336 g/mol. The molecule has 0 N–H and O–H groups in total. The number of rotatable bonds is 6. The Hall–Kier alpha value is -3.07. The normalized spacial score (nSPS) is 10.7. The molecule has 3 heteroatoms. The summed E-state index contributed by atoms with van der Waals surface area (Å²) < 4.78 is 10.7. The van der Waals surface area contributed by atoms with E-state index in [1.165, 1.54) is 5.56 Å². The summed E-state index contributed by atoms with van der Waals surface area (Å²) in [7, 11) is 1.65. The topological polar surface area (TPSA) is 35.5 Å². The van der Waals surface area contributed by atoms with Crippen molar-refractivity contribution in [3.63, 3.8) is 0 Å². The Morgan fingerprint density at radius 3 is 1.81 bits per heavy atom. The molecule has 3 aromatic carbocycles. The second-order valence-electron chi connectivity index (χ2n) is 6.94. The molecule has 0 aliphatic rings. The van der Waals surface area contributed by atoms with Gasteiger partial charge in [0.25, 0.3) is 0 Å². The molecule has 0 aromatic heterocycles. The zero-order valence-corrected chi connectivity index (χ0v) is 15.9. The van der Waals surface area contributed by atoms with Gasteiger partial charge >= 0.3 is 5.97 Å². The van der Waals surface area contributed by atoms with E-state index in [1.807, 2.05) is 60.7 Å². The molecule has 0 aliphatic carbocycles. The van der Waals surface area contributed by atoms with Crippen LogP contribution in [-0.4, -0.2) is 13.1 Å². The summed E-state index contributed by atoms with van der Waals surface area (Å²) in [5, 5.41) is 0. The molecule has 0 spiro atoms.